The minimum atomic E-state index is -4.36. The van der Waals surface area contributed by atoms with Gasteiger partial charge < -0.3 is 10.5 Å². The molecule has 9 heteroatoms. The summed E-state index contributed by atoms with van der Waals surface area (Å²) in [6, 6.07) is 2.21. The highest BCUT2D eigenvalue weighted by atomic mass is 79.9. The fourth-order valence-electron chi connectivity index (χ4n) is 1.07. The van der Waals surface area contributed by atoms with Gasteiger partial charge in [0.05, 0.1) is 4.47 Å². The zero-order chi connectivity index (χ0) is 14.8. The summed E-state index contributed by atoms with van der Waals surface area (Å²) < 4.78 is 66.9. The minimum absolute atomic E-state index is 0.116. The fourth-order valence-corrected chi connectivity index (χ4v) is 1.91. The van der Waals surface area contributed by atoms with Crippen molar-refractivity contribution in [2.45, 2.75) is 12.3 Å². The van der Waals surface area contributed by atoms with Crippen LogP contribution < -0.4 is 10.5 Å². The predicted octanol–water partition coefficient (Wildman–Crippen LogP) is 3.50. The van der Waals surface area contributed by atoms with Crippen molar-refractivity contribution in [1.29, 1.82) is 0 Å². The summed E-state index contributed by atoms with van der Waals surface area (Å²) >= 11 is 7.45. The van der Waals surface area contributed by atoms with Crippen molar-refractivity contribution in [2.24, 2.45) is 5.73 Å². The number of nitrogens with two attached hydrogens (primary N) is 1. The lowest BCUT2D eigenvalue weighted by Crippen LogP contribution is -2.34. The fraction of sp³-hybridized carbons (Fsp3) is 0.300. The molecule has 0 fully saturated rings. The van der Waals surface area contributed by atoms with Crippen LogP contribution >= 0.6 is 28.1 Å². The Hall–Kier alpha value is -0.960. The van der Waals surface area contributed by atoms with E-state index in [0.29, 0.717) is 0 Å². The van der Waals surface area contributed by atoms with Gasteiger partial charge in [0.25, 0.3) is 0 Å². The van der Waals surface area contributed by atoms with Crippen molar-refractivity contribution >= 4 is 33.1 Å². The molecule has 19 heavy (non-hydrogen) atoms. The van der Waals surface area contributed by atoms with E-state index in [1.807, 2.05) is 0 Å². The highest BCUT2D eigenvalue weighted by molar-refractivity contribution is 9.10. The molecule has 0 aliphatic rings. The molecule has 0 amide bonds. The van der Waals surface area contributed by atoms with Gasteiger partial charge in [-0.3, -0.25) is 0 Å². The Morgan fingerprint density at radius 3 is 2.47 bits per heavy atom. The topological polar surface area (TPSA) is 35.2 Å². The van der Waals surface area contributed by atoms with Crippen LogP contribution in [0.2, 0.25) is 0 Å². The van der Waals surface area contributed by atoms with Crippen LogP contribution in [0.1, 0.15) is 5.56 Å². The van der Waals surface area contributed by atoms with Gasteiger partial charge in [-0.05, 0) is 28.1 Å². The normalized spacial score (nSPS) is 11.7. The van der Waals surface area contributed by atoms with Gasteiger partial charge in [-0.1, -0.05) is 12.2 Å². The molecule has 0 aromatic heterocycles. The second-order valence-electron chi connectivity index (χ2n) is 3.45. The van der Waals surface area contributed by atoms with E-state index >= 15 is 0 Å². The number of alkyl halides is 4. The van der Waals surface area contributed by atoms with E-state index in [0.717, 1.165) is 6.07 Å². The number of hydrogen-bond donors (Lipinski definition) is 1. The SMILES string of the molecule is NC(=S)c1ccc(OCC(F)(F)C(F)F)c(F)c1Br. The van der Waals surface area contributed by atoms with E-state index < -0.39 is 30.5 Å². The Bertz CT molecular complexity index is 497. The molecule has 1 aromatic carbocycles. The third-order valence-corrected chi connectivity index (χ3v) is 3.05. The van der Waals surface area contributed by atoms with Crippen molar-refractivity contribution in [3.05, 3.63) is 28.0 Å². The maximum atomic E-state index is 13.7. The Morgan fingerprint density at radius 2 is 2.00 bits per heavy atom. The molecule has 0 aliphatic carbocycles. The lowest BCUT2D eigenvalue weighted by molar-refractivity contribution is -0.148. The molecule has 106 valence electrons. The molecule has 0 saturated carbocycles. The van der Waals surface area contributed by atoms with Gasteiger partial charge >= 0.3 is 12.3 Å². The minimum Gasteiger partial charge on any atom is -0.484 e. The van der Waals surface area contributed by atoms with Crippen LogP contribution in [-0.2, 0) is 0 Å². The molecule has 0 spiro atoms. The summed E-state index contributed by atoms with van der Waals surface area (Å²) in [5.74, 6) is -6.01. The number of benzene rings is 1. The van der Waals surface area contributed by atoms with E-state index in [9.17, 15) is 22.0 Å². The van der Waals surface area contributed by atoms with Crippen molar-refractivity contribution < 1.29 is 26.7 Å². The van der Waals surface area contributed by atoms with Gasteiger partial charge in [-0.25, -0.2) is 13.2 Å². The number of thiocarbonyl (C=S) groups is 1. The Morgan fingerprint density at radius 1 is 1.42 bits per heavy atom. The lowest BCUT2D eigenvalue weighted by atomic mass is 10.2. The molecule has 1 rings (SSSR count). The summed E-state index contributed by atoms with van der Waals surface area (Å²) in [7, 11) is 0. The Labute approximate surface area is 118 Å². The predicted molar refractivity (Wildman–Crippen MR) is 66.4 cm³/mol. The molecular formula is C10H7BrF5NOS. The molecule has 2 N–H and O–H groups in total. The summed E-state index contributed by atoms with van der Waals surface area (Å²) in [4.78, 5) is -0.116. The summed E-state index contributed by atoms with van der Waals surface area (Å²) in [6.45, 7) is -1.64. The van der Waals surface area contributed by atoms with Gasteiger partial charge in [-0.2, -0.15) is 8.78 Å². The van der Waals surface area contributed by atoms with E-state index in [-0.39, 0.29) is 15.0 Å². The van der Waals surface area contributed by atoms with Crippen molar-refractivity contribution in [3.8, 4) is 5.75 Å². The first kappa shape index (κ1) is 16.1. The van der Waals surface area contributed by atoms with Crippen LogP contribution in [0.25, 0.3) is 0 Å². The first-order chi connectivity index (χ1) is 8.66. The first-order valence-corrected chi connectivity index (χ1v) is 5.93. The van der Waals surface area contributed by atoms with Crippen molar-refractivity contribution in [3.63, 3.8) is 0 Å². The van der Waals surface area contributed by atoms with Gasteiger partial charge in [0, 0.05) is 5.56 Å². The number of hydrogen-bond acceptors (Lipinski definition) is 2. The van der Waals surface area contributed by atoms with Crippen molar-refractivity contribution in [2.75, 3.05) is 6.61 Å². The molecule has 1 aromatic rings. The molecule has 0 unspecified atom stereocenters. The van der Waals surface area contributed by atoms with E-state index in [1.165, 1.54) is 6.07 Å². The molecule has 0 atom stereocenters. The molecule has 2 nitrogen and oxygen atoms in total. The second kappa shape index (κ2) is 6.00. The molecule has 0 saturated heterocycles. The molecule has 0 aliphatic heterocycles. The maximum absolute atomic E-state index is 13.7. The third-order valence-electron chi connectivity index (χ3n) is 2.05. The molecule has 0 heterocycles. The Balaban J connectivity index is 2.93. The molecular weight excluding hydrogens is 357 g/mol. The van der Waals surface area contributed by atoms with Gasteiger partial charge in [0.15, 0.2) is 18.2 Å². The monoisotopic (exact) mass is 363 g/mol. The number of rotatable bonds is 5. The molecule has 0 bridgehead atoms. The van der Waals surface area contributed by atoms with Crippen LogP contribution in [0.15, 0.2) is 16.6 Å². The van der Waals surface area contributed by atoms with Gasteiger partial charge in [-0.15, -0.1) is 0 Å². The van der Waals surface area contributed by atoms with Gasteiger partial charge in [0.1, 0.15) is 4.99 Å². The van der Waals surface area contributed by atoms with Crippen LogP contribution in [0.4, 0.5) is 22.0 Å². The zero-order valence-electron chi connectivity index (χ0n) is 9.10. The van der Waals surface area contributed by atoms with Crippen LogP contribution in [-0.4, -0.2) is 23.9 Å². The first-order valence-electron chi connectivity index (χ1n) is 4.73. The van der Waals surface area contributed by atoms with Crippen LogP contribution in [0.5, 0.6) is 5.75 Å². The largest absolute Gasteiger partial charge is 0.484 e. The van der Waals surface area contributed by atoms with Crippen LogP contribution in [0, 0.1) is 5.82 Å². The average Bonchev–Trinajstić information content (AvgIpc) is 2.30. The van der Waals surface area contributed by atoms with E-state index in [2.05, 4.69) is 32.9 Å². The highest BCUT2D eigenvalue weighted by Gasteiger charge is 2.42. The zero-order valence-corrected chi connectivity index (χ0v) is 11.5. The number of halogens is 6. The van der Waals surface area contributed by atoms with Gasteiger partial charge in [0.2, 0.25) is 0 Å². The van der Waals surface area contributed by atoms with E-state index in [1.54, 1.807) is 0 Å². The maximum Gasteiger partial charge on any atom is 0.340 e. The smallest absolute Gasteiger partial charge is 0.340 e. The summed E-state index contributed by atoms with van der Waals surface area (Å²) in [5, 5.41) is 0. The molecule has 0 radical (unpaired) electrons. The Kier molecular flexibility index (Phi) is 5.08. The van der Waals surface area contributed by atoms with Crippen molar-refractivity contribution in [1.82, 2.24) is 0 Å². The quantitative estimate of drug-likeness (QED) is 0.642. The third kappa shape index (κ3) is 3.75. The van der Waals surface area contributed by atoms with E-state index in [4.69, 9.17) is 5.73 Å². The summed E-state index contributed by atoms with van der Waals surface area (Å²) in [6.07, 6.45) is -3.89. The lowest BCUT2D eigenvalue weighted by Gasteiger charge is -2.17. The second-order valence-corrected chi connectivity index (χ2v) is 4.69. The van der Waals surface area contributed by atoms with Crippen LogP contribution in [0.3, 0.4) is 0 Å². The number of ether oxygens (including phenoxy) is 1. The average molecular weight is 364 g/mol. The highest BCUT2D eigenvalue weighted by Crippen LogP contribution is 2.30. The summed E-state index contributed by atoms with van der Waals surface area (Å²) in [5.41, 5.74) is 5.43. The standard InChI is InChI=1S/C10H7BrF5NOS/c11-6-4(8(17)19)1-2-5(7(6)12)18-3-10(15,16)9(13)14/h1-2,9H,3H2,(H2,17,19).